The molecule has 0 unspecified atom stereocenters. The van der Waals surface area contributed by atoms with E-state index in [-0.39, 0.29) is 5.02 Å². The molecule has 4 N–H and O–H groups in total. The number of phenols is 1. The van der Waals surface area contributed by atoms with Gasteiger partial charge in [0.15, 0.2) is 11.6 Å². The fourth-order valence-corrected chi connectivity index (χ4v) is 5.06. The number of phenolic OH excluding ortho intramolecular Hbond substituents is 1. The van der Waals surface area contributed by atoms with Crippen LogP contribution in [0.3, 0.4) is 0 Å². The molecular weight excluding hydrogens is 425 g/mol. The van der Waals surface area contributed by atoms with Crippen molar-refractivity contribution in [1.82, 2.24) is 4.98 Å². The number of hydrogen-bond acceptors (Lipinski definition) is 4. The average Bonchev–Trinajstić information content (AvgIpc) is 3.63. The predicted octanol–water partition coefficient (Wildman–Crippen LogP) is 6.28. The number of halogens is 2. The molecule has 0 spiro atoms. The van der Waals surface area contributed by atoms with Crippen molar-refractivity contribution in [2.75, 3.05) is 11.9 Å². The molecule has 0 atom stereocenters. The Morgan fingerprint density at radius 1 is 1.03 bits per heavy atom. The Balaban J connectivity index is 1.55. The first-order valence-electron chi connectivity index (χ1n) is 11.6. The van der Waals surface area contributed by atoms with Crippen molar-refractivity contribution in [3.05, 3.63) is 52.9 Å². The lowest BCUT2D eigenvalue weighted by molar-refractivity contribution is 0.345. The quantitative estimate of drug-likeness (QED) is 0.410. The van der Waals surface area contributed by atoms with E-state index in [4.69, 9.17) is 22.3 Å². The summed E-state index contributed by atoms with van der Waals surface area (Å²) in [6, 6.07) is 9.31. The van der Waals surface area contributed by atoms with Crippen LogP contribution in [0.5, 0.6) is 5.75 Å². The van der Waals surface area contributed by atoms with Crippen molar-refractivity contribution >= 4 is 28.2 Å². The summed E-state index contributed by atoms with van der Waals surface area (Å²) in [4.78, 5) is 4.73. The molecule has 32 heavy (non-hydrogen) atoms. The number of nitrogens with one attached hydrogen (secondary N) is 1. The minimum Gasteiger partial charge on any atom is -0.504 e. The fourth-order valence-electron chi connectivity index (χ4n) is 4.85. The molecule has 2 aliphatic carbocycles. The SMILES string of the molecule is NC[C@H]1CC[C@H](Nc2c(CC3CC3)cnc3ccc(-c4cc(F)c(O)c(Cl)c4)cc23)CC1. The zero-order chi connectivity index (χ0) is 22.2. The predicted molar refractivity (Wildman–Crippen MR) is 129 cm³/mol. The van der Waals surface area contributed by atoms with Crippen LogP contribution in [0.2, 0.25) is 5.02 Å². The standard InChI is InChI=1S/C26H29ClFN3O/c27-22-11-18(12-23(28)26(22)32)17-5-8-24-21(10-17)25(19(14-30-24)9-15-1-2-15)31-20-6-3-16(13-29)4-7-20/h5,8,10-12,14-16,20,32H,1-4,6-7,9,13,29H2,(H,30,31)/t16-,20-. The second-order valence-electron chi connectivity index (χ2n) is 9.42. The van der Waals surface area contributed by atoms with Gasteiger partial charge >= 0.3 is 0 Å². The van der Waals surface area contributed by atoms with Gasteiger partial charge in [0.05, 0.1) is 10.5 Å². The molecule has 2 aliphatic rings. The lowest BCUT2D eigenvalue weighted by Crippen LogP contribution is -2.29. The molecule has 0 amide bonds. The van der Waals surface area contributed by atoms with Crippen molar-refractivity contribution in [3.63, 3.8) is 0 Å². The van der Waals surface area contributed by atoms with E-state index in [0.29, 0.717) is 17.5 Å². The Bertz CT molecular complexity index is 1120. The van der Waals surface area contributed by atoms with Gasteiger partial charge in [-0.3, -0.25) is 4.98 Å². The first-order chi connectivity index (χ1) is 15.5. The molecule has 1 heterocycles. The lowest BCUT2D eigenvalue weighted by atomic mass is 9.86. The van der Waals surface area contributed by atoms with Gasteiger partial charge in [0.2, 0.25) is 0 Å². The van der Waals surface area contributed by atoms with Gasteiger partial charge in [0.25, 0.3) is 0 Å². The van der Waals surface area contributed by atoms with Gasteiger partial charge in [-0.15, -0.1) is 0 Å². The molecule has 4 nitrogen and oxygen atoms in total. The molecule has 3 aromatic rings. The van der Waals surface area contributed by atoms with Crippen LogP contribution < -0.4 is 11.1 Å². The van der Waals surface area contributed by atoms with Crippen LogP contribution in [0.25, 0.3) is 22.0 Å². The van der Waals surface area contributed by atoms with E-state index >= 15 is 0 Å². The molecule has 0 aliphatic heterocycles. The number of nitrogens with two attached hydrogens (primary N) is 1. The number of nitrogens with zero attached hydrogens (tertiary/aromatic N) is 1. The number of aromatic hydroxyl groups is 1. The average molecular weight is 454 g/mol. The van der Waals surface area contributed by atoms with Crippen LogP contribution in [0.15, 0.2) is 36.5 Å². The van der Waals surface area contributed by atoms with Crippen molar-refractivity contribution < 1.29 is 9.50 Å². The van der Waals surface area contributed by atoms with Crippen LogP contribution in [0.1, 0.15) is 44.1 Å². The molecule has 2 saturated carbocycles. The van der Waals surface area contributed by atoms with Gasteiger partial charge < -0.3 is 16.2 Å². The highest BCUT2D eigenvalue weighted by Crippen LogP contribution is 2.39. The normalized spacial score (nSPS) is 21.1. The third-order valence-electron chi connectivity index (χ3n) is 7.03. The maximum atomic E-state index is 14.1. The second kappa shape index (κ2) is 8.87. The summed E-state index contributed by atoms with van der Waals surface area (Å²) in [5.41, 5.74) is 10.7. The zero-order valence-corrected chi connectivity index (χ0v) is 18.8. The highest BCUT2D eigenvalue weighted by atomic mass is 35.5. The van der Waals surface area contributed by atoms with Crippen LogP contribution in [-0.4, -0.2) is 22.7 Å². The van der Waals surface area contributed by atoms with E-state index in [2.05, 4.69) is 11.4 Å². The van der Waals surface area contributed by atoms with E-state index in [0.717, 1.165) is 66.7 Å². The summed E-state index contributed by atoms with van der Waals surface area (Å²) in [5.74, 6) is 0.146. The monoisotopic (exact) mass is 453 g/mol. The molecule has 0 radical (unpaired) electrons. The zero-order valence-electron chi connectivity index (χ0n) is 18.1. The van der Waals surface area contributed by atoms with Crippen LogP contribution in [0.4, 0.5) is 10.1 Å². The minimum absolute atomic E-state index is 0.00992. The smallest absolute Gasteiger partial charge is 0.170 e. The van der Waals surface area contributed by atoms with E-state index in [1.165, 1.54) is 24.5 Å². The van der Waals surface area contributed by atoms with Gasteiger partial charge in [-0.05, 0) is 104 Å². The van der Waals surface area contributed by atoms with E-state index < -0.39 is 11.6 Å². The topological polar surface area (TPSA) is 71.2 Å². The maximum Gasteiger partial charge on any atom is 0.170 e. The summed E-state index contributed by atoms with van der Waals surface area (Å²) in [7, 11) is 0. The van der Waals surface area contributed by atoms with Crippen LogP contribution >= 0.6 is 11.6 Å². The molecule has 168 valence electrons. The Kier molecular flexibility index (Phi) is 5.95. The third-order valence-corrected chi connectivity index (χ3v) is 7.32. The molecule has 0 bridgehead atoms. The Hall–Kier alpha value is -2.37. The molecule has 1 aromatic heterocycles. The van der Waals surface area contributed by atoms with Crippen molar-refractivity contribution in [2.45, 2.75) is 51.0 Å². The van der Waals surface area contributed by atoms with E-state index in [1.807, 2.05) is 18.3 Å². The third kappa shape index (κ3) is 4.41. The van der Waals surface area contributed by atoms with Gasteiger partial charge in [0.1, 0.15) is 0 Å². The van der Waals surface area contributed by atoms with Gasteiger partial charge in [-0.1, -0.05) is 17.7 Å². The number of pyridine rings is 1. The molecule has 2 fully saturated rings. The molecule has 5 rings (SSSR count). The summed E-state index contributed by atoms with van der Waals surface area (Å²) in [6.07, 6.45) is 10.2. The van der Waals surface area contributed by atoms with Crippen LogP contribution in [-0.2, 0) is 6.42 Å². The molecule has 2 aromatic carbocycles. The minimum atomic E-state index is -0.719. The molecule has 0 saturated heterocycles. The largest absolute Gasteiger partial charge is 0.504 e. The Morgan fingerprint density at radius 3 is 2.47 bits per heavy atom. The summed E-state index contributed by atoms with van der Waals surface area (Å²) in [6.45, 7) is 0.771. The highest BCUT2D eigenvalue weighted by Gasteiger charge is 2.26. The first-order valence-corrected chi connectivity index (χ1v) is 12.0. The summed E-state index contributed by atoms with van der Waals surface area (Å²) < 4.78 is 14.1. The number of aromatic nitrogens is 1. The fraction of sp³-hybridized carbons (Fsp3) is 0.423. The molecule has 6 heteroatoms. The van der Waals surface area contributed by atoms with Crippen molar-refractivity contribution in [3.8, 4) is 16.9 Å². The summed E-state index contributed by atoms with van der Waals surface area (Å²) >= 11 is 6.04. The van der Waals surface area contributed by atoms with Crippen molar-refractivity contribution in [1.29, 1.82) is 0 Å². The summed E-state index contributed by atoms with van der Waals surface area (Å²) in [5, 5.41) is 14.6. The maximum absolute atomic E-state index is 14.1. The second-order valence-corrected chi connectivity index (χ2v) is 9.83. The Morgan fingerprint density at radius 2 is 1.78 bits per heavy atom. The Labute approximate surface area is 193 Å². The number of fused-ring (bicyclic) bond motifs is 1. The van der Waals surface area contributed by atoms with E-state index in [1.54, 1.807) is 6.07 Å². The molecular formula is C26H29ClFN3O. The number of hydrogen-bond donors (Lipinski definition) is 3. The van der Waals surface area contributed by atoms with Crippen molar-refractivity contribution in [2.24, 2.45) is 17.6 Å². The van der Waals surface area contributed by atoms with Gasteiger partial charge in [-0.2, -0.15) is 0 Å². The van der Waals surface area contributed by atoms with Gasteiger partial charge in [-0.25, -0.2) is 4.39 Å². The van der Waals surface area contributed by atoms with Crippen LogP contribution in [0, 0.1) is 17.7 Å². The first kappa shape index (κ1) is 21.5. The number of benzene rings is 2. The van der Waals surface area contributed by atoms with Gasteiger partial charge in [0, 0.05) is 23.3 Å². The van der Waals surface area contributed by atoms with E-state index in [9.17, 15) is 9.50 Å². The number of rotatable bonds is 6. The lowest BCUT2D eigenvalue weighted by Gasteiger charge is -2.30. The highest BCUT2D eigenvalue weighted by molar-refractivity contribution is 6.32. The number of anilines is 1.